The Balaban J connectivity index is 1.40. The third-order valence-corrected chi connectivity index (χ3v) is 5.09. The molecule has 2 aliphatic rings. The molecule has 134 valence electrons. The maximum Gasteiger partial charge on any atom is 0.243 e. The molecule has 1 saturated heterocycles. The number of aryl methyl sites for hydroxylation is 2. The maximum atomic E-state index is 12.3. The Hall–Kier alpha value is -2.82. The van der Waals surface area contributed by atoms with Crippen LogP contribution in [0.25, 0.3) is 0 Å². The highest BCUT2D eigenvalue weighted by molar-refractivity contribution is 5.99. The third-order valence-electron chi connectivity index (χ3n) is 5.09. The molecule has 0 unspecified atom stereocenters. The molecule has 2 amide bonds. The number of nitrogens with zero attached hydrogens (tertiary/aromatic N) is 1. The van der Waals surface area contributed by atoms with Gasteiger partial charge in [0.15, 0.2) is 0 Å². The highest BCUT2D eigenvalue weighted by Gasteiger charge is 2.23. The fraction of sp³-hybridized carbons (Fsp3) is 0.333. The van der Waals surface area contributed by atoms with Crippen LogP contribution >= 0.6 is 0 Å². The highest BCUT2D eigenvalue weighted by atomic mass is 16.2. The quantitative estimate of drug-likeness (QED) is 0.870. The Morgan fingerprint density at radius 2 is 1.85 bits per heavy atom. The van der Waals surface area contributed by atoms with E-state index in [4.69, 9.17) is 0 Å². The second-order valence-corrected chi connectivity index (χ2v) is 6.90. The number of benzene rings is 2. The molecule has 1 aliphatic carbocycles. The number of carbonyl (C=O) groups is 2. The lowest BCUT2D eigenvalue weighted by atomic mass is 10.1. The molecule has 2 N–H and O–H groups in total. The maximum absolute atomic E-state index is 12.3. The topological polar surface area (TPSA) is 61.4 Å². The lowest BCUT2D eigenvalue weighted by molar-refractivity contribution is -0.117. The minimum absolute atomic E-state index is 0.0921. The fourth-order valence-corrected chi connectivity index (χ4v) is 3.79. The van der Waals surface area contributed by atoms with E-state index >= 15 is 0 Å². The first-order chi connectivity index (χ1) is 12.7. The summed E-state index contributed by atoms with van der Waals surface area (Å²) in [6.07, 6.45) is 4.89. The van der Waals surface area contributed by atoms with Crippen molar-refractivity contribution >= 4 is 28.9 Å². The second-order valence-electron chi connectivity index (χ2n) is 6.90. The predicted octanol–water partition coefficient (Wildman–Crippen LogP) is 3.35. The van der Waals surface area contributed by atoms with Gasteiger partial charge in [-0.1, -0.05) is 18.2 Å². The zero-order valence-corrected chi connectivity index (χ0v) is 14.8. The van der Waals surface area contributed by atoms with Gasteiger partial charge < -0.3 is 15.5 Å². The molecule has 5 heteroatoms. The lowest BCUT2D eigenvalue weighted by Crippen LogP contribution is -2.26. The lowest BCUT2D eigenvalue weighted by Gasteiger charge is -2.20. The van der Waals surface area contributed by atoms with E-state index in [2.05, 4.69) is 22.8 Å². The Kier molecular flexibility index (Phi) is 4.61. The summed E-state index contributed by atoms with van der Waals surface area (Å²) in [5.41, 5.74) is 5.24. The van der Waals surface area contributed by atoms with E-state index in [1.165, 1.54) is 17.5 Å². The fourth-order valence-electron chi connectivity index (χ4n) is 3.79. The van der Waals surface area contributed by atoms with Gasteiger partial charge in [0.05, 0.1) is 17.9 Å². The minimum Gasteiger partial charge on any atom is -0.374 e. The van der Waals surface area contributed by atoms with Crippen LogP contribution < -0.4 is 15.5 Å². The van der Waals surface area contributed by atoms with Crippen molar-refractivity contribution in [2.45, 2.75) is 32.1 Å². The molecule has 0 atom stereocenters. The zero-order chi connectivity index (χ0) is 17.9. The van der Waals surface area contributed by atoms with Crippen LogP contribution in [0.2, 0.25) is 0 Å². The molecule has 0 aromatic heterocycles. The summed E-state index contributed by atoms with van der Waals surface area (Å²) in [5, 5.41) is 6.13. The molecule has 0 bridgehead atoms. The SMILES string of the molecule is O=C(CNc1ccccc1N1CCCC1=O)Nc1ccc2c(c1)CCC2. The van der Waals surface area contributed by atoms with Gasteiger partial charge in [-0.15, -0.1) is 0 Å². The monoisotopic (exact) mass is 349 g/mol. The van der Waals surface area contributed by atoms with Crippen molar-refractivity contribution in [3.05, 3.63) is 53.6 Å². The van der Waals surface area contributed by atoms with Crippen LogP contribution in [0.4, 0.5) is 17.1 Å². The van der Waals surface area contributed by atoms with Crippen molar-refractivity contribution in [1.29, 1.82) is 0 Å². The zero-order valence-electron chi connectivity index (χ0n) is 14.8. The summed E-state index contributed by atoms with van der Waals surface area (Å²) < 4.78 is 0. The summed E-state index contributed by atoms with van der Waals surface area (Å²) >= 11 is 0. The first-order valence-corrected chi connectivity index (χ1v) is 9.25. The van der Waals surface area contributed by atoms with Crippen LogP contribution in [0.3, 0.4) is 0 Å². The first-order valence-electron chi connectivity index (χ1n) is 9.25. The van der Waals surface area contributed by atoms with Gasteiger partial charge in [-0.05, 0) is 61.1 Å². The highest BCUT2D eigenvalue weighted by Crippen LogP contribution is 2.29. The van der Waals surface area contributed by atoms with Crippen LogP contribution in [0.5, 0.6) is 0 Å². The number of hydrogen-bond donors (Lipinski definition) is 2. The number of nitrogens with one attached hydrogen (secondary N) is 2. The molecular weight excluding hydrogens is 326 g/mol. The van der Waals surface area contributed by atoms with E-state index < -0.39 is 0 Å². The molecule has 4 rings (SSSR count). The van der Waals surface area contributed by atoms with Crippen molar-refractivity contribution in [2.24, 2.45) is 0 Å². The van der Waals surface area contributed by atoms with Gasteiger partial charge in [0.2, 0.25) is 11.8 Å². The molecule has 1 heterocycles. The Bertz CT molecular complexity index is 847. The summed E-state index contributed by atoms with van der Waals surface area (Å²) in [6.45, 7) is 0.898. The van der Waals surface area contributed by atoms with Crippen LogP contribution in [0, 0.1) is 0 Å². The smallest absolute Gasteiger partial charge is 0.243 e. The summed E-state index contributed by atoms with van der Waals surface area (Å²) in [5.74, 6) is 0.0485. The van der Waals surface area contributed by atoms with Crippen molar-refractivity contribution in [1.82, 2.24) is 0 Å². The number of fused-ring (bicyclic) bond motifs is 1. The van der Waals surface area contributed by atoms with Crippen LogP contribution in [0.15, 0.2) is 42.5 Å². The summed E-state index contributed by atoms with van der Waals surface area (Å²) in [7, 11) is 0. The van der Waals surface area contributed by atoms with Gasteiger partial charge in [0.25, 0.3) is 0 Å². The second kappa shape index (κ2) is 7.20. The minimum atomic E-state index is -0.0921. The van der Waals surface area contributed by atoms with E-state index in [1.807, 2.05) is 30.3 Å². The van der Waals surface area contributed by atoms with Crippen molar-refractivity contribution in [3.63, 3.8) is 0 Å². The van der Waals surface area contributed by atoms with Gasteiger partial charge in [-0.2, -0.15) is 0 Å². The van der Waals surface area contributed by atoms with E-state index in [9.17, 15) is 9.59 Å². The molecule has 1 fully saturated rings. The Morgan fingerprint density at radius 3 is 2.69 bits per heavy atom. The Labute approximate surface area is 153 Å². The molecular formula is C21H23N3O2. The standard InChI is InChI=1S/C21H23N3O2/c25-20(23-17-11-10-15-5-3-6-16(15)13-17)14-22-18-7-1-2-8-19(18)24-12-4-9-21(24)26/h1-2,7-8,10-11,13,22H,3-6,9,12,14H2,(H,23,25). The molecule has 0 spiro atoms. The number of amides is 2. The van der Waals surface area contributed by atoms with Gasteiger partial charge >= 0.3 is 0 Å². The van der Waals surface area contributed by atoms with Gasteiger partial charge in [-0.3, -0.25) is 9.59 Å². The average molecular weight is 349 g/mol. The van der Waals surface area contributed by atoms with E-state index in [0.717, 1.165) is 42.9 Å². The first kappa shape index (κ1) is 16.6. The number of hydrogen-bond acceptors (Lipinski definition) is 3. The number of para-hydroxylation sites is 2. The predicted molar refractivity (Wildman–Crippen MR) is 104 cm³/mol. The molecule has 0 radical (unpaired) electrons. The van der Waals surface area contributed by atoms with Gasteiger partial charge in [0, 0.05) is 18.7 Å². The van der Waals surface area contributed by atoms with Crippen LogP contribution in [0.1, 0.15) is 30.4 Å². The average Bonchev–Trinajstić information content (AvgIpc) is 3.28. The summed E-state index contributed by atoms with van der Waals surface area (Å²) in [6, 6.07) is 13.8. The van der Waals surface area contributed by atoms with Crippen LogP contribution in [-0.4, -0.2) is 24.9 Å². The Morgan fingerprint density at radius 1 is 1.00 bits per heavy atom. The van der Waals surface area contributed by atoms with Crippen molar-refractivity contribution < 1.29 is 9.59 Å². The largest absolute Gasteiger partial charge is 0.374 e. The van der Waals surface area contributed by atoms with Crippen molar-refractivity contribution in [3.8, 4) is 0 Å². The molecule has 2 aromatic carbocycles. The third kappa shape index (κ3) is 3.43. The van der Waals surface area contributed by atoms with E-state index in [1.54, 1.807) is 4.90 Å². The van der Waals surface area contributed by atoms with Gasteiger partial charge in [-0.25, -0.2) is 0 Å². The molecule has 2 aromatic rings. The normalized spacial score (nSPS) is 15.8. The molecule has 5 nitrogen and oxygen atoms in total. The number of anilines is 3. The van der Waals surface area contributed by atoms with Crippen LogP contribution in [-0.2, 0) is 22.4 Å². The van der Waals surface area contributed by atoms with Crippen molar-refractivity contribution in [2.75, 3.05) is 28.6 Å². The molecule has 0 saturated carbocycles. The summed E-state index contributed by atoms with van der Waals surface area (Å²) in [4.78, 5) is 26.1. The number of rotatable bonds is 5. The van der Waals surface area contributed by atoms with E-state index in [0.29, 0.717) is 6.42 Å². The molecule has 26 heavy (non-hydrogen) atoms. The number of carbonyl (C=O) groups excluding carboxylic acids is 2. The van der Waals surface area contributed by atoms with E-state index in [-0.39, 0.29) is 18.4 Å². The van der Waals surface area contributed by atoms with Gasteiger partial charge in [0.1, 0.15) is 0 Å². The molecule has 1 aliphatic heterocycles.